The van der Waals surface area contributed by atoms with E-state index >= 15 is 0 Å². The lowest BCUT2D eigenvalue weighted by molar-refractivity contribution is 1.08. The monoisotopic (exact) mass is 541 g/mol. The standard InChI is InChI=1S/C35H23N7/c1-4-16-36-29(7-1)34-31-21-27-14-12-25(40-27)19-23-10-11-24(39-23)20-26-13-15-28(41-26)22-32(35(34)30-8-2-5-17-37-30)42(31)33-9-3-6-18-38-33/h1-22,39H. The highest BCUT2D eigenvalue weighted by atomic mass is 15.1. The summed E-state index contributed by atoms with van der Waals surface area (Å²) in [6.07, 6.45) is 13.6. The molecule has 42 heavy (non-hydrogen) atoms. The van der Waals surface area contributed by atoms with E-state index in [1.54, 1.807) is 0 Å². The highest BCUT2D eigenvalue weighted by Crippen LogP contribution is 2.41. The fraction of sp³-hybridized carbons (Fsp3) is 0. The average molecular weight is 542 g/mol. The Labute approximate surface area is 241 Å². The van der Waals surface area contributed by atoms with Crippen molar-refractivity contribution in [3.63, 3.8) is 0 Å². The third kappa shape index (κ3) is 4.30. The van der Waals surface area contributed by atoms with Gasteiger partial charge in [-0.25, -0.2) is 15.0 Å². The summed E-state index contributed by atoms with van der Waals surface area (Å²) in [4.78, 5) is 27.8. The van der Waals surface area contributed by atoms with E-state index in [0.29, 0.717) is 0 Å². The second-order valence-electron chi connectivity index (χ2n) is 10.0. The summed E-state index contributed by atoms with van der Waals surface area (Å²) >= 11 is 0. The summed E-state index contributed by atoms with van der Waals surface area (Å²) < 4.78 is 2.16. The predicted octanol–water partition coefficient (Wildman–Crippen LogP) is 7.64. The van der Waals surface area contributed by atoms with Crippen LogP contribution >= 0.6 is 0 Å². The molecule has 0 spiro atoms. The molecule has 0 amide bonds. The van der Waals surface area contributed by atoms with Gasteiger partial charge < -0.3 is 4.98 Å². The van der Waals surface area contributed by atoms with Gasteiger partial charge in [-0.2, -0.15) is 0 Å². The molecule has 0 saturated carbocycles. The highest BCUT2D eigenvalue weighted by Gasteiger charge is 2.23. The maximum absolute atomic E-state index is 4.96. The van der Waals surface area contributed by atoms with E-state index in [2.05, 4.69) is 21.7 Å². The van der Waals surface area contributed by atoms with E-state index in [4.69, 9.17) is 24.9 Å². The molecule has 6 aromatic rings. The molecule has 0 saturated heterocycles. The molecule has 0 radical (unpaired) electrons. The number of fused-ring (bicyclic) bond motifs is 8. The van der Waals surface area contributed by atoms with Crippen LogP contribution in [-0.2, 0) is 0 Å². The van der Waals surface area contributed by atoms with Crippen molar-refractivity contribution in [1.29, 1.82) is 0 Å². The van der Waals surface area contributed by atoms with Gasteiger partial charge in [-0.1, -0.05) is 18.2 Å². The second kappa shape index (κ2) is 9.91. The Balaban J connectivity index is 1.63. The molecule has 0 aromatic carbocycles. The van der Waals surface area contributed by atoms with Crippen LogP contribution in [0, 0.1) is 0 Å². The van der Waals surface area contributed by atoms with E-state index < -0.39 is 0 Å². The smallest absolute Gasteiger partial charge is 0.137 e. The van der Waals surface area contributed by atoms with Crippen LogP contribution in [0.4, 0.5) is 0 Å². The first-order chi connectivity index (χ1) is 20.8. The van der Waals surface area contributed by atoms with E-state index in [-0.39, 0.29) is 0 Å². The zero-order chi connectivity index (χ0) is 27.9. The first-order valence-electron chi connectivity index (χ1n) is 13.7. The van der Waals surface area contributed by atoms with Crippen LogP contribution in [0.25, 0.3) is 74.7 Å². The molecule has 6 aromatic heterocycles. The van der Waals surface area contributed by atoms with E-state index in [0.717, 1.165) is 73.2 Å². The highest BCUT2D eigenvalue weighted by molar-refractivity contribution is 6.03. The third-order valence-electron chi connectivity index (χ3n) is 7.24. The van der Waals surface area contributed by atoms with Gasteiger partial charge in [0.1, 0.15) is 5.82 Å². The largest absolute Gasteiger partial charge is 0.355 e. The Morgan fingerprint density at radius 2 is 0.952 bits per heavy atom. The summed E-state index contributed by atoms with van der Waals surface area (Å²) in [5, 5.41) is 0. The molecule has 8 rings (SSSR count). The minimum absolute atomic E-state index is 0.768. The maximum atomic E-state index is 4.96. The van der Waals surface area contributed by atoms with Crippen LogP contribution < -0.4 is 0 Å². The Kier molecular flexibility index (Phi) is 5.64. The molecule has 8 bridgehead atoms. The molecule has 0 fully saturated rings. The number of rotatable bonds is 3. The molecule has 8 heterocycles. The van der Waals surface area contributed by atoms with Gasteiger partial charge in [0.15, 0.2) is 0 Å². The third-order valence-corrected chi connectivity index (χ3v) is 7.24. The lowest BCUT2D eigenvalue weighted by Gasteiger charge is -2.06. The van der Waals surface area contributed by atoms with Gasteiger partial charge >= 0.3 is 0 Å². The van der Waals surface area contributed by atoms with Crippen LogP contribution in [-0.4, -0.2) is 34.5 Å². The van der Waals surface area contributed by atoms with Crippen molar-refractivity contribution in [1.82, 2.24) is 34.5 Å². The number of nitrogens with one attached hydrogen (secondary N) is 1. The minimum atomic E-state index is 0.768. The first-order valence-corrected chi connectivity index (χ1v) is 13.7. The second-order valence-corrected chi connectivity index (χ2v) is 10.0. The van der Waals surface area contributed by atoms with Gasteiger partial charge in [-0.3, -0.25) is 14.5 Å². The van der Waals surface area contributed by atoms with Crippen molar-refractivity contribution in [2.45, 2.75) is 0 Å². The summed E-state index contributed by atoms with van der Waals surface area (Å²) in [5.41, 5.74) is 10.7. The molecule has 198 valence electrons. The van der Waals surface area contributed by atoms with Gasteiger partial charge in [0, 0.05) is 40.8 Å². The van der Waals surface area contributed by atoms with Crippen LogP contribution in [0.15, 0.2) is 110 Å². The van der Waals surface area contributed by atoms with Gasteiger partial charge in [-0.15, -0.1) is 0 Å². The molecule has 2 aliphatic rings. The van der Waals surface area contributed by atoms with E-state index in [1.807, 2.05) is 122 Å². The van der Waals surface area contributed by atoms with Crippen molar-refractivity contribution in [2.24, 2.45) is 0 Å². The average Bonchev–Trinajstić information content (AvgIpc) is 3.83. The Morgan fingerprint density at radius 1 is 0.476 bits per heavy atom. The zero-order valence-corrected chi connectivity index (χ0v) is 22.4. The van der Waals surface area contributed by atoms with Crippen molar-refractivity contribution in [2.75, 3.05) is 0 Å². The Hall–Kier alpha value is -5.95. The van der Waals surface area contributed by atoms with Gasteiger partial charge in [0.25, 0.3) is 0 Å². The van der Waals surface area contributed by atoms with E-state index in [9.17, 15) is 0 Å². The summed E-state index contributed by atoms with van der Waals surface area (Å²) in [6.45, 7) is 0. The van der Waals surface area contributed by atoms with Gasteiger partial charge in [-0.05, 0) is 97.1 Å². The minimum Gasteiger partial charge on any atom is -0.355 e. The number of pyridine rings is 3. The fourth-order valence-corrected chi connectivity index (χ4v) is 5.46. The van der Waals surface area contributed by atoms with E-state index in [1.165, 1.54) is 0 Å². The Morgan fingerprint density at radius 3 is 1.40 bits per heavy atom. The van der Waals surface area contributed by atoms with Crippen molar-refractivity contribution < 1.29 is 0 Å². The number of aromatic nitrogens is 7. The van der Waals surface area contributed by atoms with Gasteiger partial charge in [0.2, 0.25) is 0 Å². The van der Waals surface area contributed by atoms with Crippen LogP contribution in [0.3, 0.4) is 0 Å². The molecule has 0 unspecified atom stereocenters. The summed E-state index contributed by atoms with van der Waals surface area (Å²) in [7, 11) is 0. The van der Waals surface area contributed by atoms with Crippen molar-refractivity contribution >= 4 is 46.4 Å². The fourth-order valence-electron chi connectivity index (χ4n) is 5.46. The molecule has 1 N–H and O–H groups in total. The lowest BCUT2D eigenvalue weighted by atomic mass is 10.0. The maximum Gasteiger partial charge on any atom is 0.137 e. The number of H-pyrrole nitrogens is 1. The SMILES string of the molecule is C1=Cc2cc3c(-c4ccccn4)c(-c4ccccn4)c(cc4nc(cc5ccc(cc1n2)[nH]5)C=C4)n3-c1ccccn1. The number of hydrogen-bond acceptors (Lipinski definition) is 5. The first kappa shape index (κ1) is 23.9. The summed E-state index contributed by atoms with van der Waals surface area (Å²) in [5.74, 6) is 0.768. The van der Waals surface area contributed by atoms with Crippen LogP contribution in [0.2, 0.25) is 0 Å². The molecular weight excluding hydrogens is 518 g/mol. The van der Waals surface area contributed by atoms with Gasteiger partial charge in [0.05, 0.1) is 45.2 Å². The Bertz CT molecular complexity index is 2040. The normalized spacial score (nSPS) is 12.1. The predicted molar refractivity (Wildman–Crippen MR) is 168 cm³/mol. The number of hydrogen-bond donors (Lipinski definition) is 1. The zero-order valence-electron chi connectivity index (χ0n) is 22.4. The molecular formula is C35H23N7. The lowest BCUT2D eigenvalue weighted by Crippen LogP contribution is -1.97. The molecule has 7 nitrogen and oxygen atoms in total. The van der Waals surface area contributed by atoms with Crippen molar-refractivity contribution in [3.05, 3.63) is 132 Å². The molecule has 7 heteroatoms. The van der Waals surface area contributed by atoms with Crippen LogP contribution in [0.1, 0.15) is 22.8 Å². The molecule has 0 atom stereocenters. The topological polar surface area (TPSA) is 85.2 Å². The number of nitrogens with zero attached hydrogens (tertiary/aromatic N) is 6. The molecule has 0 aliphatic carbocycles. The van der Waals surface area contributed by atoms with Crippen molar-refractivity contribution in [3.8, 4) is 28.3 Å². The van der Waals surface area contributed by atoms with Crippen LogP contribution in [0.5, 0.6) is 0 Å². The summed E-state index contributed by atoms with van der Waals surface area (Å²) in [6, 6.07) is 30.2. The molecule has 2 aliphatic heterocycles. The quantitative estimate of drug-likeness (QED) is 0.248. The number of aromatic amines is 1.